The summed E-state index contributed by atoms with van der Waals surface area (Å²) in [5, 5.41) is 17.3. The summed E-state index contributed by atoms with van der Waals surface area (Å²) in [5.41, 5.74) is 15.3. The number of aryl methyl sites for hydroxylation is 2. The molecule has 0 aliphatic heterocycles. The van der Waals surface area contributed by atoms with Gasteiger partial charge in [-0.25, -0.2) is 26.3 Å². The fraction of sp³-hybridized carbons (Fsp3) is 0.472. The highest BCUT2D eigenvalue weighted by Crippen LogP contribution is 2.53. The third-order valence-electron chi connectivity index (χ3n) is 21.8. The number of Topliss-reactive ketones (excluding diaryl/α,β-unsaturated/α-hetero) is 3. The number of carbonyl (C=O) groups is 4. The van der Waals surface area contributed by atoms with Crippen LogP contribution in [0, 0.1) is 0 Å². The minimum absolute atomic E-state index is 0.000344. The van der Waals surface area contributed by atoms with Gasteiger partial charge >= 0.3 is 0 Å². The molecule has 0 bridgehead atoms. The van der Waals surface area contributed by atoms with Crippen LogP contribution in [0.25, 0.3) is 66.1 Å². The number of amides is 1. The Kier molecular flexibility index (Phi) is 26.1. The standard InChI is InChI=1S/C89H117N13O8S2/c1-17-99(18-2)39-23-21-27-77(103)59-31-34-67(81(105)78(104)28-22-24-40-100(19-3)20-4)76(49-59)95-82(106)58-29-32-66(33-30-58)94-85-97-83(90-35-37-92-111(107,108)43-25-41-101-54-72-68-50-62(86(5,6)7)45-60-46-63(87(8,9)10)51-69(79(60)68)73(72)55-101)96-84(98-85)91-36-38-93-112(109,110)44-26-42-102-56-74-70-52-64(88(11,12)13)47-61-48-65(89(14,15)16)53-71(80(61)70)75(74)57-102/h29-34,45-57,92-93H,17-28,35-44H2,1-16H3,(H,95,106)(H3,90,91,94,96,97,98). The molecule has 0 unspecified atom stereocenters. The second-order valence-electron chi connectivity index (χ2n) is 34.3. The lowest BCUT2D eigenvalue weighted by molar-refractivity contribution is -0.115. The summed E-state index contributed by atoms with van der Waals surface area (Å²) in [5.74, 6) is -2.02. The van der Waals surface area contributed by atoms with E-state index >= 15 is 0 Å². The Bertz CT molecular complexity index is 4820. The molecule has 598 valence electrons. The van der Waals surface area contributed by atoms with Gasteiger partial charge in [-0.05, 0) is 226 Å². The van der Waals surface area contributed by atoms with E-state index in [1.807, 2.05) is 0 Å². The monoisotopic (exact) mass is 1560 g/mol. The molecule has 0 fully saturated rings. The van der Waals surface area contributed by atoms with Gasteiger partial charge in [-0.15, -0.1) is 0 Å². The van der Waals surface area contributed by atoms with Crippen LogP contribution >= 0.6 is 0 Å². The SMILES string of the molecule is CCN(CC)CCCCC(=O)C(=O)c1ccc(C(=O)CCCCN(CC)CC)cc1NC(=O)c1ccc(Nc2nc(NCCNS(=O)(=O)CCCn3cc4c(c3)-c3cc(C(C)(C)C)cc5cc(C(C)(C)C)cc-4c35)nc(NCCNS(=O)(=O)CCCn3cc4c(c3)-c3cc(C(C)(C)C)cc5cc(C(C)(C)C)cc-4c35)n2)cc1. The van der Waals surface area contributed by atoms with Gasteiger partial charge in [0.15, 0.2) is 5.78 Å². The van der Waals surface area contributed by atoms with Gasteiger partial charge in [-0.1, -0.05) is 141 Å². The molecule has 21 nitrogen and oxygen atoms in total. The number of carbonyl (C=O) groups excluding carboxylic acids is 4. The van der Waals surface area contributed by atoms with Crippen molar-refractivity contribution in [3.8, 4) is 44.5 Å². The Labute approximate surface area is 663 Å². The molecule has 6 aromatic carbocycles. The predicted molar refractivity (Wildman–Crippen MR) is 458 cm³/mol. The summed E-state index contributed by atoms with van der Waals surface area (Å²) in [6.45, 7) is 41.7. The van der Waals surface area contributed by atoms with E-state index in [9.17, 15) is 36.0 Å². The number of nitrogens with zero attached hydrogens (tertiary/aromatic N) is 7. The maximum absolute atomic E-state index is 14.2. The highest BCUT2D eigenvalue weighted by molar-refractivity contribution is 7.89. The zero-order valence-electron chi connectivity index (χ0n) is 68.7. The highest BCUT2D eigenvalue weighted by Gasteiger charge is 2.32. The van der Waals surface area contributed by atoms with Crippen LogP contribution < -0.4 is 30.7 Å². The van der Waals surface area contributed by atoms with E-state index in [1.54, 1.807) is 30.3 Å². The first kappa shape index (κ1) is 84.0. The van der Waals surface area contributed by atoms with Gasteiger partial charge in [0, 0.05) is 122 Å². The number of fused-ring (bicyclic) bond motifs is 6. The molecular formula is C89H117N13O8S2. The van der Waals surface area contributed by atoms with E-state index in [2.05, 4.69) is 249 Å². The molecular weight excluding hydrogens is 1440 g/mol. The fourth-order valence-electron chi connectivity index (χ4n) is 14.9. The van der Waals surface area contributed by atoms with Crippen LogP contribution in [-0.2, 0) is 59.6 Å². The summed E-state index contributed by atoms with van der Waals surface area (Å²) in [7, 11) is -7.46. The molecule has 3 heterocycles. The van der Waals surface area contributed by atoms with Crippen LogP contribution in [0.15, 0.2) is 116 Å². The van der Waals surface area contributed by atoms with Crippen molar-refractivity contribution in [2.75, 3.05) is 98.2 Å². The molecule has 2 aliphatic rings. The van der Waals surface area contributed by atoms with Crippen molar-refractivity contribution in [2.24, 2.45) is 0 Å². The average Bonchev–Trinajstić information content (AvgIpc) is 1.56. The molecule has 0 saturated carbocycles. The molecule has 11 rings (SSSR count). The number of anilines is 5. The average molecular weight is 1560 g/mol. The number of hydrogen-bond acceptors (Lipinski definition) is 16. The van der Waals surface area contributed by atoms with Gasteiger partial charge < -0.3 is 40.2 Å². The summed E-state index contributed by atoms with van der Waals surface area (Å²) in [4.78, 5) is 73.6. The van der Waals surface area contributed by atoms with Crippen molar-refractivity contribution in [3.63, 3.8) is 0 Å². The number of unbranched alkanes of at least 4 members (excludes halogenated alkanes) is 2. The number of rotatable bonds is 39. The van der Waals surface area contributed by atoms with E-state index < -0.39 is 37.5 Å². The summed E-state index contributed by atoms with van der Waals surface area (Å²) in [6.07, 6.45) is 12.4. The Morgan fingerprint density at radius 1 is 0.429 bits per heavy atom. The zero-order chi connectivity index (χ0) is 80.8. The molecule has 0 saturated heterocycles. The molecule has 6 N–H and O–H groups in total. The van der Waals surface area contributed by atoms with Crippen molar-refractivity contribution in [2.45, 2.75) is 197 Å². The quantitative estimate of drug-likeness (QED) is 0.0119. The number of hydrogen-bond donors (Lipinski definition) is 6. The van der Waals surface area contributed by atoms with Gasteiger partial charge in [0.2, 0.25) is 49.5 Å². The number of ketones is 3. The van der Waals surface area contributed by atoms with E-state index in [1.165, 1.54) is 78.2 Å². The Morgan fingerprint density at radius 2 is 0.812 bits per heavy atom. The Balaban J connectivity index is 0.748. The molecule has 23 heteroatoms. The third-order valence-corrected chi connectivity index (χ3v) is 24.7. The first-order valence-corrected chi connectivity index (χ1v) is 43.5. The fourth-order valence-corrected chi connectivity index (χ4v) is 17.0. The predicted octanol–water partition coefficient (Wildman–Crippen LogP) is 17.1. The van der Waals surface area contributed by atoms with Gasteiger partial charge in [0.25, 0.3) is 5.91 Å². The van der Waals surface area contributed by atoms with Crippen molar-refractivity contribution < 1.29 is 36.0 Å². The molecule has 0 spiro atoms. The van der Waals surface area contributed by atoms with Crippen molar-refractivity contribution in [1.82, 2.24) is 43.3 Å². The molecule has 0 atom stereocenters. The number of aromatic nitrogens is 5. The van der Waals surface area contributed by atoms with E-state index in [4.69, 9.17) is 0 Å². The van der Waals surface area contributed by atoms with Crippen LogP contribution in [0.4, 0.5) is 29.2 Å². The number of benzene rings is 6. The van der Waals surface area contributed by atoms with Crippen molar-refractivity contribution in [3.05, 3.63) is 155 Å². The van der Waals surface area contributed by atoms with Crippen LogP contribution in [0.1, 0.15) is 215 Å². The minimum atomic E-state index is -3.73. The van der Waals surface area contributed by atoms with Crippen LogP contribution in [-0.4, -0.2) is 151 Å². The lowest BCUT2D eigenvalue weighted by Crippen LogP contribution is -2.32. The first-order valence-electron chi connectivity index (χ1n) is 40.2. The van der Waals surface area contributed by atoms with Gasteiger partial charge in [-0.3, -0.25) is 19.2 Å². The number of nitrogens with one attached hydrogen (secondary N) is 6. The molecule has 1 amide bonds. The number of sulfonamides is 2. The molecule has 3 aromatic heterocycles. The van der Waals surface area contributed by atoms with Crippen LogP contribution in [0.2, 0.25) is 0 Å². The summed E-state index contributed by atoms with van der Waals surface area (Å²) in [6, 6.07) is 29.5. The maximum atomic E-state index is 14.2. The van der Waals surface area contributed by atoms with Crippen molar-refractivity contribution in [1.29, 1.82) is 0 Å². The zero-order valence-corrected chi connectivity index (χ0v) is 70.4. The van der Waals surface area contributed by atoms with E-state index in [0.717, 1.165) is 74.4 Å². The van der Waals surface area contributed by atoms with E-state index in [0.29, 0.717) is 50.0 Å². The van der Waals surface area contributed by atoms with Gasteiger partial charge in [-0.2, -0.15) is 15.0 Å². The van der Waals surface area contributed by atoms with Gasteiger partial charge in [0.1, 0.15) is 0 Å². The second-order valence-corrected chi connectivity index (χ2v) is 38.1. The van der Waals surface area contributed by atoms with Gasteiger partial charge in [0.05, 0.1) is 17.2 Å². The third kappa shape index (κ3) is 20.5. The molecule has 112 heavy (non-hydrogen) atoms. The Morgan fingerprint density at radius 3 is 1.21 bits per heavy atom. The van der Waals surface area contributed by atoms with E-state index in [-0.39, 0.29) is 113 Å². The van der Waals surface area contributed by atoms with Crippen LogP contribution in [0.3, 0.4) is 0 Å². The van der Waals surface area contributed by atoms with Crippen molar-refractivity contribution >= 4 is 94.1 Å². The molecule has 0 radical (unpaired) electrons. The maximum Gasteiger partial charge on any atom is 0.255 e. The minimum Gasteiger partial charge on any atom is -0.353 e. The summed E-state index contributed by atoms with van der Waals surface area (Å²) < 4.78 is 64.1. The topological polar surface area (TPSA) is 264 Å². The smallest absolute Gasteiger partial charge is 0.255 e. The van der Waals surface area contributed by atoms with Crippen LogP contribution in [0.5, 0.6) is 0 Å². The Hall–Kier alpha value is -8.97. The highest BCUT2D eigenvalue weighted by atomic mass is 32.2. The normalized spacial score (nSPS) is 12.9. The molecule has 2 aliphatic carbocycles. The first-order chi connectivity index (χ1) is 52.9. The largest absolute Gasteiger partial charge is 0.353 e. The second kappa shape index (κ2) is 34.8. The summed E-state index contributed by atoms with van der Waals surface area (Å²) >= 11 is 0. The lowest BCUT2D eigenvalue weighted by Gasteiger charge is -2.23. The lowest BCUT2D eigenvalue weighted by atomic mass is 9.81. The molecule has 9 aromatic rings.